The Labute approximate surface area is 189 Å². The average molecular weight is 468 g/mol. The Kier molecular flexibility index (Phi) is 5.18. The Morgan fingerprint density at radius 1 is 1.28 bits per heavy atom. The first-order chi connectivity index (χ1) is 15.4. The number of carbonyl (C=O) groups is 1. The second-order valence-corrected chi connectivity index (χ2v) is 10.4. The molecule has 0 radical (unpaired) electrons. The number of sulfonamides is 1. The molecule has 5 rings (SSSR count). The molecule has 1 amide bonds. The number of nitrogens with zero attached hydrogens (tertiary/aromatic N) is 3. The number of nitrogens with one attached hydrogen (secondary N) is 2. The van der Waals surface area contributed by atoms with E-state index in [0.29, 0.717) is 10.8 Å². The van der Waals surface area contributed by atoms with Crippen LogP contribution in [0.5, 0.6) is 0 Å². The van der Waals surface area contributed by atoms with Crippen LogP contribution in [-0.4, -0.2) is 41.6 Å². The molecule has 1 fully saturated rings. The van der Waals surface area contributed by atoms with Gasteiger partial charge >= 0.3 is 0 Å². The zero-order valence-electron chi connectivity index (χ0n) is 17.3. The van der Waals surface area contributed by atoms with E-state index >= 15 is 0 Å². The Morgan fingerprint density at radius 2 is 2.12 bits per heavy atom. The van der Waals surface area contributed by atoms with E-state index in [4.69, 9.17) is 4.98 Å². The van der Waals surface area contributed by atoms with Crippen LogP contribution in [0.15, 0.2) is 54.2 Å². The predicted octanol–water partition coefficient (Wildman–Crippen LogP) is 3.80. The number of benzene rings is 1. The Balaban J connectivity index is 1.39. The molecule has 8 nitrogen and oxygen atoms in total. The van der Waals surface area contributed by atoms with Gasteiger partial charge in [-0.3, -0.25) is 14.4 Å². The molecule has 1 aromatic carbocycles. The van der Waals surface area contributed by atoms with Crippen LogP contribution in [0.1, 0.15) is 18.4 Å². The van der Waals surface area contributed by atoms with Crippen molar-refractivity contribution in [3.63, 3.8) is 0 Å². The molecule has 1 aliphatic carbocycles. The van der Waals surface area contributed by atoms with Crippen molar-refractivity contribution in [2.24, 2.45) is 0 Å². The fraction of sp³-hybridized carbons (Fsp3) is 0.227. The number of carbonyl (C=O) groups excluding carboxylic acids is 1. The largest absolute Gasteiger partial charge is 0.345 e. The molecule has 3 heterocycles. The van der Waals surface area contributed by atoms with Crippen LogP contribution in [0.25, 0.3) is 22.3 Å². The van der Waals surface area contributed by atoms with E-state index in [2.05, 4.69) is 14.7 Å². The zero-order valence-corrected chi connectivity index (χ0v) is 18.9. The molecule has 3 aromatic heterocycles. The summed E-state index contributed by atoms with van der Waals surface area (Å²) in [4.78, 5) is 27.3. The number of H-pyrrole nitrogens is 1. The van der Waals surface area contributed by atoms with Gasteiger partial charge in [0.1, 0.15) is 5.65 Å². The number of anilines is 2. The number of amides is 1. The third-order valence-corrected chi connectivity index (χ3v) is 6.64. The van der Waals surface area contributed by atoms with Gasteiger partial charge in [0.25, 0.3) is 0 Å². The summed E-state index contributed by atoms with van der Waals surface area (Å²) < 4.78 is 25.5. The van der Waals surface area contributed by atoms with Gasteiger partial charge in [0.2, 0.25) is 15.9 Å². The summed E-state index contributed by atoms with van der Waals surface area (Å²) >= 11 is 1.45. The molecule has 1 aliphatic rings. The SMILES string of the molecule is CS(=O)(=O)Nc1cccc(CC(=O)N(c2nc(-c3c[nH]c4ncccc34)cs2)C2CC2)c1. The summed E-state index contributed by atoms with van der Waals surface area (Å²) in [5.74, 6) is -0.0505. The summed E-state index contributed by atoms with van der Waals surface area (Å²) in [5.41, 5.74) is 3.75. The highest BCUT2D eigenvalue weighted by Gasteiger charge is 2.35. The highest BCUT2D eigenvalue weighted by molar-refractivity contribution is 7.92. The number of hydrogen-bond acceptors (Lipinski definition) is 6. The maximum absolute atomic E-state index is 13.2. The van der Waals surface area contributed by atoms with Crippen molar-refractivity contribution >= 4 is 49.1 Å². The quantitative estimate of drug-likeness (QED) is 0.430. The molecular formula is C22H21N5O3S2. The fourth-order valence-electron chi connectivity index (χ4n) is 3.68. The van der Waals surface area contributed by atoms with Gasteiger partial charge in [0, 0.05) is 40.5 Å². The van der Waals surface area contributed by atoms with E-state index in [0.717, 1.165) is 47.0 Å². The second kappa shape index (κ2) is 8.03. The van der Waals surface area contributed by atoms with Gasteiger partial charge in [-0.1, -0.05) is 12.1 Å². The first kappa shape index (κ1) is 20.7. The van der Waals surface area contributed by atoms with Gasteiger partial charge in [-0.25, -0.2) is 18.4 Å². The molecule has 0 aliphatic heterocycles. The van der Waals surface area contributed by atoms with E-state index in [-0.39, 0.29) is 18.4 Å². The summed E-state index contributed by atoms with van der Waals surface area (Å²) in [6.07, 6.45) is 6.80. The van der Waals surface area contributed by atoms with Crippen LogP contribution in [0, 0.1) is 0 Å². The highest BCUT2D eigenvalue weighted by atomic mass is 32.2. The van der Waals surface area contributed by atoms with Crippen LogP contribution in [0.2, 0.25) is 0 Å². The fourth-order valence-corrected chi connectivity index (χ4v) is 5.15. The smallest absolute Gasteiger partial charge is 0.233 e. The third kappa shape index (κ3) is 4.37. The molecule has 32 heavy (non-hydrogen) atoms. The third-order valence-electron chi connectivity index (χ3n) is 5.19. The number of aromatic nitrogens is 3. The molecule has 10 heteroatoms. The first-order valence-electron chi connectivity index (χ1n) is 10.1. The minimum Gasteiger partial charge on any atom is -0.345 e. The van der Waals surface area contributed by atoms with Gasteiger partial charge < -0.3 is 4.98 Å². The van der Waals surface area contributed by atoms with Crippen LogP contribution in [0.3, 0.4) is 0 Å². The molecule has 1 saturated carbocycles. The van der Waals surface area contributed by atoms with Crippen LogP contribution in [-0.2, 0) is 21.2 Å². The minimum atomic E-state index is -3.38. The van der Waals surface area contributed by atoms with Crippen LogP contribution < -0.4 is 9.62 Å². The van der Waals surface area contributed by atoms with Crippen molar-refractivity contribution in [2.45, 2.75) is 25.3 Å². The van der Waals surface area contributed by atoms with Gasteiger partial charge in [0.05, 0.1) is 18.4 Å². The molecule has 0 saturated heterocycles. The normalized spacial score (nSPS) is 13.9. The topological polar surface area (TPSA) is 108 Å². The number of aromatic amines is 1. The zero-order chi connectivity index (χ0) is 22.3. The van der Waals surface area contributed by atoms with Crippen molar-refractivity contribution in [1.82, 2.24) is 15.0 Å². The van der Waals surface area contributed by atoms with Crippen molar-refractivity contribution in [1.29, 1.82) is 0 Å². The molecule has 0 bridgehead atoms. The van der Waals surface area contributed by atoms with E-state index < -0.39 is 10.0 Å². The molecule has 164 valence electrons. The van der Waals surface area contributed by atoms with Crippen molar-refractivity contribution < 1.29 is 13.2 Å². The van der Waals surface area contributed by atoms with E-state index in [1.165, 1.54) is 11.3 Å². The van der Waals surface area contributed by atoms with Gasteiger partial charge in [-0.05, 0) is 42.7 Å². The summed E-state index contributed by atoms with van der Waals surface area (Å²) in [7, 11) is -3.38. The van der Waals surface area contributed by atoms with Crippen molar-refractivity contribution in [3.05, 3.63) is 59.7 Å². The second-order valence-electron chi connectivity index (χ2n) is 7.86. The molecule has 4 aromatic rings. The molecular weight excluding hydrogens is 446 g/mol. The lowest BCUT2D eigenvalue weighted by atomic mass is 10.1. The summed E-state index contributed by atoms with van der Waals surface area (Å²) in [6.45, 7) is 0. The van der Waals surface area contributed by atoms with Crippen molar-refractivity contribution in [2.75, 3.05) is 15.9 Å². The first-order valence-corrected chi connectivity index (χ1v) is 12.9. The number of pyridine rings is 1. The lowest BCUT2D eigenvalue weighted by Gasteiger charge is -2.19. The highest BCUT2D eigenvalue weighted by Crippen LogP contribution is 2.37. The molecule has 0 unspecified atom stereocenters. The Bertz CT molecular complexity index is 1410. The summed E-state index contributed by atoms with van der Waals surface area (Å²) in [5, 5.41) is 3.63. The van der Waals surface area contributed by atoms with Crippen LogP contribution in [0.4, 0.5) is 10.8 Å². The Hall–Kier alpha value is -3.24. The van der Waals surface area contributed by atoms with E-state index in [1.807, 2.05) is 29.8 Å². The monoisotopic (exact) mass is 467 g/mol. The maximum atomic E-state index is 13.2. The van der Waals surface area contributed by atoms with Gasteiger partial charge in [-0.15, -0.1) is 11.3 Å². The molecule has 0 atom stereocenters. The van der Waals surface area contributed by atoms with E-state index in [9.17, 15) is 13.2 Å². The number of rotatable bonds is 7. The minimum absolute atomic E-state index is 0.0505. The number of thiazole rings is 1. The Morgan fingerprint density at radius 3 is 2.91 bits per heavy atom. The molecule has 2 N–H and O–H groups in total. The number of hydrogen-bond donors (Lipinski definition) is 2. The molecule has 0 spiro atoms. The summed E-state index contributed by atoms with van der Waals surface area (Å²) in [6, 6.07) is 11.0. The lowest BCUT2D eigenvalue weighted by Crippen LogP contribution is -2.34. The number of fused-ring (bicyclic) bond motifs is 1. The van der Waals surface area contributed by atoms with Crippen LogP contribution >= 0.6 is 11.3 Å². The van der Waals surface area contributed by atoms with E-state index in [1.54, 1.807) is 29.3 Å². The van der Waals surface area contributed by atoms with Crippen molar-refractivity contribution in [3.8, 4) is 11.3 Å². The van der Waals surface area contributed by atoms with Gasteiger partial charge in [0.15, 0.2) is 5.13 Å². The predicted molar refractivity (Wildman–Crippen MR) is 126 cm³/mol. The lowest BCUT2D eigenvalue weighted by molar-refractivity contribution is -0.118. The maximum Gasteiger partial charge on any atom is 0.233 e. The average Bonchev–Trinajstić information content (AvgIpc) is 3.28. The van der Waals surface area contributed by atoms with Gasteiger partial charge in [-0.2, -0.15) is 0 Å². The standard InChI is InChI=1S/C22H21N5O3S2/c1-32(29,30)26-15-5-2-4-14(10-15)11-20(28)27(16-7-8-16)22-25-19(13-31-22)18-12-24-21-17(18)6-3-9-23-21/h2-6,9-10,12-13,16,26H,7-8,11H2,1H3,(H,23,24).